The van der Waals surface area contributed by atoms with Crippen LogP contribution in [0.25, 0.3) is 0 Å². The van der Waals surface area contributed by atoms with E-state index in [0.717, 1.165) is 21.5 Å². The van der Waals surface area contributed by atoms with Crippen LogP contribution < -0.4 is 16.6 Å². The highest BCUT2D eigenvalue weighted by molar-refractivity contribution is 9.10. The number of nitrogen functional groups attached to an aromatic ring is 1. The molecule has 0 atom stereocenters. The summed E-state index contributed by atoms with van der Waals surface area (Å²) in [6, 6.07) is 6.10. The van der Waals surface area contributed by atoms with Gasteiger partial charge in [-0.05, 0) is 54.4 Å². The van der Waals surface area contributed by atoms with Crippen molar-refractivity contribution >= 4 is 33.3 Å². The van der Waals surface area contributed by atoms with E-state index in [1.807, 2.05) is 32.9 Å². The second kappa shape index (κ2) is 5.54. The van der Waals surface area contributed by atoms with Crippen molar-refractivity contribution in [2.75, 3.05) is 10.7 Å². The third-order valence-corrected chi connectivity index (χ3v) is 3.46. The van der Waals surface area contributed by atoms with Crippen LogP contribution >= 0.6 is 15.9 Å². The summed E-state index contributed by atoms with van der Waals surface area (Å²) in [4.78, 5) is 8.64. The van der Waals surface area contributed by atoms with Gasteiger partial charge in [-0.2, -0.15) is 0 Å². The van der Waals surface area contributed by atoms with Crippen molar-refractivity contribution in [2.24, 2.45) is 5.84 Å². The smallest absolute Gasteiger partial charge is 0.148 e. The summed E-state index contributed by atoms with van der Waals surface area (Å²) in [5.41, 5.74) is 5.60. The summed E-state index contributed by atoms with van der Waals surface area (Å²) in [6.07, 6.45) is 0. The molecule has 0 bridgehead atoms. The van der Waals surface area contributed by atoms with E-state index < -0.39 is 0 Å². The molecule has 1 aromatic carbocycles. The number of benzene rings is 1. The molecule has 0 radical (unpaired) electrons. The minimum absolute atomic E-state index is 0.624. The highest BCUT2D eigenvalue weighted by Gasteiger charge is 2.10. The van der Waals surface area contributed by atoms with Crippen LogP contribution in [0.1, 0.15) is 17.0 Å². The number of halogens is 1. The third-order valence-electron chi connectivity index (χ3n) is 2.77. The summed E-state index contributed by atoms with van der Waals surface area (Å²) < 4.78 is 0.982. The zero-order chi connectivity index (χ0) is 14.0. The van der Waals surface area contributed by atoms with E-state index >= 15 is 0 Å². The minimum atomic E-state index is 0.624. The molecule has 0 amide bonds. The molecule has 0 unspecified atom stereocenters. The summed E-state index contributed by atoms with van der Waals surface area (Å²) in [5.74, 6) is 7.48. The molecule has 0 saturated heterocycles. The number of nitrogens with two attached hydrogens (primary N) is 1. The lowest BCUT2D eigenvalue weighted by atomic mass is 10.2. The number of hydrogen-bond donors (Lipinski definition) is 3. The van der Waals surface area contributed by atoms with E-state index in [1.165, 1.54) is 5.56 Å². The van der Waals surface area contributed by atoms with Gasteiger partial charge in [-0.15, -0.1) is 0 Å². The van der Waals surface area contributed by atoms with Crippen LogP contribution in [0, 0.1) is 20.8 Å². The fourth-order valence-corrected chi connectivity index (χ4v) is 2.10. The van der Waals surface area contributed by atoms with Crippen molar-refractivity contribution in [3.8, 4) is 0 Å². The molecule has 19 heavy (non-hydrogen) atoms. The molecule has 0 fully saturated rings. The summed E-state index contributed by atoms with van der Waals surface area (Å²) in [6.45, 7) is 5.79. The van der Waals surface area contributed by atoms with Gasteiger partial charge in [0, 0.05) is 10.0 Å². The van der Waals surface area contributed by atoms with Gasteiger partial charge in [0.05, 0.1) is 5.69 Å². The Morgan fingerprint density at radius 1 is 1.11 bits per heavy atom. The molecule has 0 spiro atoms. The minimum Gasteiger partial charge on any atom is -0.339 e. The molecule has 0 aliphatic carbocycles. The van der Waals surface area contributed by atoms with E-state index in [4.69, 9.17) is 5.84 Å². The third kappa shape index (κ3) is 3.02. The SMILES string of the molecule is Cc1ccc(Br)c(Nc2nc(C)nc(NN)c2C)c1. The van der Waals surface area contributed by atoms with Gasteiger partial charge < -0.3 is 10.7 Å². The van der Waals surface area contributed by atoms with E-state index in [-0.39, 0.29) is 0 Å². The molecular formula is C13H16BrN5. The highest BCUT2D eigenvalue weighted by atomic mass is 79.9. The van der Waals surface area contributed by atoms with Gasteiger partial charge in [0.15, 0.2) is 0 Å². The zero-order valence-corrected chi connectivity index (χ0v) is 12.7. The molecular weight excluding hydrogens is 306 g/mol. The van der Waals surface area contributed by atoms with E-state index in [0.29, 0.717) is 11.6 Å². The lowest BCUT2D eigenvalue weighted by Gasteiger charge is -2.14. The number of nitrogens with zero attached hydrogens (tertiary/aromatic N) is 2. The van der Waals surface area contributed by atoms with Gasteiger partial charge in [0.1, 0.15) is 17.5 Å². The average Bonchev–Trinajstić information content (AvgIpc) is 2.37. The molecule has 0 aliphatic rings. The van der Waals surface area contributed by atoms with Gasteiger partial charge in [-0.25, -0.2) is 15.8 Å². The first kappa shape index (κ1) is 13.8. The number of anilines is 3. The lowest BCUT2D eigenvalue weighted by Crippen LogP contribution is -2.13. The lowest BCUT2D eigenvalue weighted by molar-refractivity contribution is 1.03. The Balaban J connectivity index is 2.43. The molecule has 2 rings (SSSR count). The fourth-order valence-electron chi connectivity index (χ4n) is 1.75. The van der Waals surface area contributed by atoms with Gasteiger partial charge >= 0.3 is 0 Å². The zero-order valence-electron chi connectivity index (χ0n) is 11.1. The molecule has 6 heteroatoms. The van der Waals surface area contributed by atoms with Gasteiger partial charge in [-0.1, -0.05) is 6.07 Å². The quantitative estimate of drug-likeness (QED) is 0.598. The van der Waals surface area contributed by atoms with E-state index in [1.54, 1.807) is 0 Å². The maximum absolute atomic E-state index is 5.46. The molecule has 0 aliphatic heterocycles. The summed E-state index contributed by atoms with van der Waals surface area (Å²) in [7, 11) is 0. The first-order chi connectivity index (χ1) is 9.01. The molecule has 1 aromatic heterocycles. The van der Waals surface area contributed by atoms with Gasteiger partial charge in [0.25, 0.3) is 0 Å². The number of rotatable bonds is 3. The maximum Gasteiger partial charge on any atom is 0.148 e. The number of hydrazine groups is 1. The second-order valence-corrected chi connectivity index (χ2v) is 5.20. The molecule has 1 heterocycles. The molecule has 100 valence electrons. The largest absolute Gasteiger partial charge is 0.339 e. The average molecular weight is 322 g/mol. The molecule has 4 N–H and O–H groups in total. The number of nitrogens with one attached hydrogen (secondary N) is 2. The van der Waals surface area contributed by atoms with Crippen LogP contribution in [0.3, 0.4) is 0 Å². The molecule has 5 nitrogen and oxygen atoms in total. The number of hydrogen-bond acceptors (Lipinski definition) is 5. The summed E-state index contributed by atoms with van der Waals surface area (Å²) in [5, 5.41) is 3.30. The van der Waals surface area contributed by atoms with Gasteiger partial charge in [0.2, 0.25) is 0 Å². The first-order valence-corrected chi connectivity index (χ1v) is 6.65. The van der Waals surface area contributed by atoms with Crippen molar-refractivity contribution < 1.29 is 0 Å². The second-order valence-electron chi connectivity index (χ2n) is 4.35. The Labute approximate surface area is 120 Å². The standard InChI is InChI=1S/C13H16BrN5/c1-7-4-5-10(14)11(6-7)18-12-8(2)13(19-15)17-9(3)16-12/h4-6H,15H2,1-3H3,(H2,16,17,18,19). The Morgan fingerprint density at radius 2 is 1.79 bits per heavy atom. The fraction of sp³-hybridized carbons (Fsp3) is 0.231. The topological polar surface area (TPSA) is 75.9 Å². The normalized spacial score (nSPS) is 10.4. The molecule has 0 saturated carbocycles. The monoisotopic (exact) mass is 321 g/mol. The van der Waals surface area contributed by atoms with Crippen LogP contribution in [0.4, 0.5) is 17.3 Å². The molecule has 2 aromatic rings. The first-order valence-electron chi connectivity index (χ1n) is 5.86. The van der Waals surface area contributed by atoms with Crippen LogP contribution in [0.15, 0.2) is 22.7 Å². The van der Waals surface area contributed by atoms with Crippen molar-refractivity contribution in [3.63, 3.8) is 0 Å². The summed E-state index contributed by atoms with van der Waals surface area (Å²) >= 11 is 3.52. The highest BCUT2D eigenvalue weighted by Crippen LogP contribution is 2.28. The van der Waals surface area contributed by atoms with E-state index in [9.17, 15) is 0 Å². The number of aryl methyl sites for hydroxylation is 2. The Hall–Kier alpha value is -1.66. The predicted octanol–water partition coefficient (Wildman–Crippen LogP) is 3.19. The van der Waals surface area contributed by atoms with Crippen molar-refractivity contribution in [1.29, 1.82) is 0 Å². The maximum atomic E-state index is 5.46. The predicted molar refractivity (Wildman–Crippen MR) is 81.5 cm³/mol. The van der Waals surface area contributed by atoms with Crippen LogP contribution in [-0.2, 0) is 0 Å². The van der Waals surface area contributed by atoms with Crippen molar-refractivity contribution in [1.82, 2.24) is 9.97 Å². The Morgan fingerprint density at radius 3 is 2.47 bits per heavy atom. The van der Waals surface area contributed by atoms with Gasteiger partial charge in [-0.3, -0.25) is 0 Å². The van der Waals surface area contributed by atoms with Crippen molar-refractivity contribution in [3.05, 3.63) is 39.6 Å². The Bertz CT molecular complexity index is 612. The van der Waals surface area contributed by atoms with Crippen LogP contribution in [0.2, 0.25) is 0 Å². The van der Waals surface area contributed by atoms with Crippen LogP contribution in [-0.4, -0.2) is 9.97 Å². The van der Waals surface area contributed by atoms with Crippen molar-refractivity contribution in [2.45, 2.75) is 20.8 Å². The Kier molecular flexibility index (Phi) is 4.01. The van der Waals surface area contributed by atoms with E-state index in [2.05, 4.69) is 42.7 Å². The van der Waals surface area contributed by atoms with Crippen LogP contribution in [0.5, 0.6) is 0 Å². The number of aromatic nitrogens is 2.